The molecule has 0 radical (unpaired) electrons. The van der Waals surface area contributed by atoms with E-state index in [9.17, 15) is 9.59 Å². The van der Waals surface area contributed by atoms with Crippen LogP contribution in [0.25, 0.3) is 0 Å². The van der Waals surface area contributed by atoms with Crippen molar-refractivity contribution in [3.8, 4) is 0 Å². The molecule has 86 valence electrons. The Kier molecular flexibility index (Phi) is 3.34. The van der Waals surface area contributed by atoms with Gasteiger partial charge in [-0.1, -0.05) is 0 Å². The Morgan fingerprint density at radius 3 is 2.53 bits per heavy atom. The Bertz CT molecular complexity index is 272. The molecule has 2 N–H and O–H groups in total. The number of carbonyl (C=O) groups excluding carboxylic acids is 1. The zero-order chi connectivity index (χ0) is 11.6. The lowest BCUT2D eigenvalue weighted by molar-refractivity contribution is -0.150. The molecule has 1 fully saturated rings. The summed E-state index contributed by atoms with van der Waals surface area (Å²) in [6.45, 7) is 4.16. The van der Waals surface area contributed by atoms with Gasteiger partial charge in [-0.05, 0) is 33.2 Å². The van der Waals surface area contributed by atoms with Crippen molar-refractivity contribution in [1.82, 2.24) is 10.2 Å². The van der Waals surface area contributed by atoms with Crippen molar-refractivity contribution in [3.63, 3.8) is 0 Å². The number of nitrogens with zero attached hydrogens (tertiary/aromatic N) is 1. The van der Waals surface area contributed by atoms with Crippen molar-refractivity contribution >= 4 is 11.9 Å². The number of rotatable bonds is 3. The minimum absolute atomic E-state index is 0.144. The quantitative estimate of drug-likeness (QED) is 0.697. The number of carbonyl (C=O) groups is 2. The summed E-state index contributed by atoms with van der Waals surface area (Å²) in [5.41, 5.74) is -0.585. The molecule has 1 heterocycles. The second-order valence-corrected chi connectivity index (χ2v) is 4.29. The number of carboxylic acid groups (broad SMARTS) is 1. The van der Waals surface area contributed by atoms with Crippen molar-refractivity contribution in [1.29, 1.82) is 0 Å². The molecule has 0 bridgehead atoms. The molecule has 0 aliphatic carbocycles. The number of likely N-dealkylation sites (N-methyl/N-ethyl adjacent to an activating group) is 1. The molecule has 2 atom stereocenters. The molecule has 1 aliphatic rings. The van der Waals surface area contributed by atoms with E-state index in [-0.39, 0.29) is 5.91 Å². The molecule has 0 saturated carbocycles. The lowest BCUT2D eigenvalue weighted by Gasteiger charge is -2.31. The number of aliphatic carboxylic acids is 1. The third-order valence-corrected chi connectivity index (χ3v) is 3.10. The SMILES string of the molecule is CC(C(=O)O)N(C)C(=O)C1(C)CCCN1. The van der Waals surface area contributed by atoms with Crippen LogP contribution < -0.4 is 5.32 Å². The van der Waals surface area contributed by atoms with Gasteiger partial charge in [-0.2, -0.15) is 0 Å². The van der Waals surface area contributed by atoms with Gasteiger partial charge in [-0.15, -0.1) is 0 Å². The van der Waals surface area contributed by atoms with Gasteiger partial charge in [0.05, 0.1) is 5.54 Å². The zero-order valence-electron chi connectivity index (χ0n) is 9.41. The summed E-state index contributed by atoms with van der Waals surface area (Å²) in [4.78, 5) is 24.1. The molecule has 0 spiro atoms. The van der Waals surface area contributed by atoms with Crippen molar-refractivity contribution in [2.75, 3.05) is 13.6 Å². The molecule has 0 aromatic carbocycles. The molecule has 1 saturated heterocycles. The summed E-state index contributed by atoms with van der Waals surface area (Å²) in [6, 6.07) is -0.781. The molecule has 1 aliphatic heterocycles. The van der Waals surface area contributed by atoms with Crippen LogP contribution in [0.3, 0.4) is 0 Å². The predicted octanol–water partition coefficient (Wildman–Crippen LogP) is 0.0600. The van der Waals surface area contributed by atoms with Gasteiger partial charge in [0.25, 0.3) is 0 Å². The molecule has 2 unspecified atom stereocenters. The summed E-state index contributed by atoms with van der Waals surface area (Å²) in [5.74, 6) is -1.12. The maximum atomic E-state index is 12.0. The molecule has 1 amide bonds. The highest BCUT2D eigenvalue weighted by Gasteiger charge is 2.39. The van der Waals surface area contributed by atoms with Gasteiger partial charge in [0.15, 0.2) is 0 Å². The second kappa shape index (κ2) is 4.18. The molecular weight excluding hydrogens is 196 g/mol. The monoisotopic (exact) mass is 214 g/mol. The standard InChI is InChI=1S/C10H18N2O3/c1-7(8(13)14)12(3)9(15)10(2)5-4-6-11-10/h7,11H,4-6H2,1-3H3,(H,13,14). The fourth-order valence-electron chi connectivity index (χ4n) is 1.81. The molecule has 5 nitrogen and oxygen atoms in total. The van der Waals surface area contributed by atoms with E-state index in [1.165, 1.54) is 18.9 Å². The number of nitrogens with one attached hydrogen (secondary N) is 1. The number of hydrogen-bond donors (Lipinski definition) is 2. The first-order chi connectivity index (χ1) is 6.88. The largest absolute Gasteiger partial charge is 0.480 e. The van der Waals surface area contributed by atoms with E-state index < -0.39 is 17.6 Å². The van der Waals surface area contributed by atoms with Crippen LogP contribution in [0.4, 0.5) is 0 Å². The highest BCUT2D eigenvalue weighted by molar-refractivity contribution is 5.89. The number of carboxylic acids is 1. The van der Waals surface area contributed by atoms with Crippen LogP contribution in [0.2, 0.25) is 0 Å². The third-order valence-electron chi connectivity index (χ3n) is 3.10. The Hall–Kier alpha value is -1.10. The van der Waals surface area contributed by atoms with Crippen LogP contribution in [-0.4, -0.2) is 47.1 Å². The van der Waals surface area contributed by atoms with E-state index in [1.807, 2.05) is 6.92 Å². The smallest absolute Gasteiger partial charge is 0.326 e. The lowest BCUT2D eigenvalue weighted by Crippen LogP contribution is -2.55. The molecular formula is C10H18N2O3. The van der Waals surface area contributed by atoms with Crippen molar-refractivity contribution in [2.45, 2.75) is 38.3 Å². The Labute approximate surface area is 89.4 Å². The van der Waals surface area contributed by atoms with E-state index in [0.717, 1.165) is 19.4 Å². The van der Waals surface area contributed by atoms with Gasteiger partial charge in [0.2, 0.25) is 5.91 Å². The average molecular weight is 214 g/mol. The summed E-state index contributed by atoms with van der Waals surface area (Å²) < 4.78 is 0. The minimum Gasteiger partial charge on any atom is -0.480 e. The van der Waals surface area contributed by atoms with Crippen LogP contribution in [-0.2, 0) is 9.59 Å². The number of hydrogen-bond acceptors (Lipinski definition) is 3. The van der Waals surface area contributed by atoms with Crippen LogP contribution >= 0.6 is 0 Å². The van der Waals surface area contributed by atoms with Crippen molar-refractivity contribution in [2.24, 2.45) is 0 Å². The Morgan fingerprint density at radius 2 is 2.13 bits per heavy atom. The lowest BCUT2D eigenvalue weighted by atomic mass is 9.98. The molecule has 15 heavy (non-hydrogen) atoms. The van der Waals surface area contributed by atoms with E-state index in [4.69, 9.17) is 5.11 Å². The summed E-state index contributed by atoms with van der Waals surface area (Å²) in [7, 11) is 1.53. The first-order valence-corrected chi connectivity index (χ1v) is 5.13. The average Bonchev–Trinajstić information content (AvgIpc) is 2.62. The third kappa shape index (κ3) is 2.28. The van der Waals surface area contributed by atoms with Crippen LogP contribution in [0.5, 0.6) is 0 Å². The summed E-state index contributed by atoms with van der Waals surface area (Å²) in [6.07, 6.45) is 1.72. The summed E-state index contributed by atoms with van der Waals surface area (Å²) in [5, 5.41) is 11.9. The topological polar surface area (TPSA) is 69.6 Å². The van der Waals surface area contributed by atoms with Crippen LogP contribution in [0.1, 0.15) is 26.7 Å². The van der Waals surface area contributed by atoms with E-state index in [1.54, 1.807) is 0 Å². The Morgan fingerprint density at radius 1 is 1.53 bits per heavy atom. The maximum Gasteiger partial charge on any atom is 0.326 e. The van der Waals surface area contributed by atoms with Gasteiger partial charge in [-0.25, -0.2) is 4.79 Å². The molecule has 0 aromatic heterocycles. The first kappa shape index (κ1) is 12.0. The second-order valence-electron chi connectivity index (χ2n) is 4.29. The van der Waals surface area contributed by atoms with E-state index >= 15 is 0 Å². The highest BCUT2D eigenvalue weighted by Crippen LogP contribution is 2.21. The Balaban J connectivity index is 2.71. The normalized spacial score (nSPS) is 27.4. The van der Waals surface area contributed by atoms with E-state index in [0.29, 0.717) is 0 Å². The van der Waals surface area contributed by atoms with Crippen LogP contribution in [0.15, 0.2) is 0 Å². The first-order valence-electron chi connectivity index (χ1n) is 5.13. The van der Waals surface area contributed by atoms with Gasteiger partial charge in [0, 0.05) is 7.05 Å². The van der Waals surface area contributed by atoms with Gasteiger partial charge < -0.3 is 15.3 Å². The highest BCUT2D eigenvalue weighted by atomic mass is 16.4. The molecule has 5 heteroatoms. The van der Waals surface area contributed by atoms with Gasteiger partial charge in [-0.3, -0.25) is 4.79 Å². The van der Waals surface area contributed by atoms with Gasteiger partial charge >= 0.3 is 5.97 Å². The van der Waals surface area contributed by atoms with Crippen LogP contribution in [0, 0.1) is 0 Å². The fourth-order valence-corrected chi connectivity index (χ4v) is 1.81. The number of amides is 1. The van der Waals surface area contributed by atoms with Crippen molar-refractivity contribution in [3.05, 3.63) is 0 Å². The fraction of sp³-hybridized carbons (Fsp3) is 0.800. The predicted molar refractivity (Wildman–Crippen MR) is 55.5 cm³/mol. The molecule has 1 rings (SSSR count). The minimum atomic E-state index is -0.979. The summed E-state index contributed by atoms with van der Waals surface area (Å²) >= 11 is 0. The molecule has 0 aromatic rings. The van der Waals surface area contributed by atoms with Crippen molar-refractivity contribution < 1.29 is 14.7 Å². The zero-order valence-corrected chi connectivity index (χ0v) is 9.41. The van der Waals surface area contributed by atoms with E-state index in [2.05, 4.69) is 5.32 Å². The van der Waals surface area contributed by atoms with Gasteiger partial charge in [0.1, 0.15) is 6.04 Å². The maximum absolute atomic E-state index is 12.0.